The van der Waals surface area contributed by atoms with Crippen molar-refractivity contribution in [3.63, 3.8) is 0 Å². The first kappa shape index (κ1) is 21.0. The van der Waals surface area contributed by atoms with Gasteiger partial charge in [-0.15, -0.1) is 0 Å². The van der Waals surface area contributed by atoms with Crippen LogP contribution in [0, 0.1) is 5.92 Å². The zero-order valence-corrected chi connectivity index (χ0v) is 17.8. The van der Waals surface area contributed by atoms with Gasteiger partial charge >= 0.3 is 12.0 Å². The first-order valence-electron chi connectivity index (χ1n) is 11.2. The van der Waals surface area contributed by atoms with Crippen LogP contribution in [0.2, 0.25) is 0 Å². The Balaban J connectivity index is 1.37. The van der Waals surface area contributed by atoms with Gasteiger partial charge in [0.15, 0.2) is 0 Å². The minimum Gasteiger partial charge on any atom is -0.481 e. The molecule has 1 aliphatic heterocycles. The highest BCUT2D eigenvalue weighted by atomic mass is 32.2. The highest BCUT2D eigenvalue weighted by Gasteiger charge is 2.55. The number of carboxylic acid groups (broad SMARTS) is 1. The van der Waals surface area contributed by atoms with E-state index in [0.717, 1.165) is 44.3 Å². The van der Waals surface area contributed by atoms with Crippen LogP contribution >= 0.6 is 11.8 Å². The number of carbonyl (C=O) groups is 2. The van der Waals surface area contributed by atoms with Crippen LogP contribution in [0.15, 0.2) is 5.10 Å². The van der Waals surface area contributed by atoms with E-state index in [4.69, 9.17) is 5.11 Å². The highest BCUT2D eigenvalue weighted by Crippen LogP contribution is 2.45. The van der Waals surface area contributed by atoms with Crippen molar-refractivity contribution >= 4 is 30.0 Å². The third-order valence-electron chi connectivity index (χ3n) is 6.85. The molecule has 29 heavy (non-hydrogen) atoms. The molecule has 162 valence electrons. The number of fused-ring (bicyclic) bond motifs is 1. The summed E-state index contributed by atoms with van der Waals surface area (Å²) >= 11 is 1.84. The van der Waals surface area contributed by atoms with Gasteiger partial charge in [-0.1, -0.05) is 19.3 Å². The molecule has 4 fully saturated rings. The van der Waals surface area contributed by atoms with Gasteiger partial charge in [0.25, 0.3) is 0 Å². The van der Waals surface area contributed by atoms with Crippen LogP contribution in [-0.4, -0.2) is 73.6 Å². The van der Waals surface area contributed by atoms with Gasteiger partial charge in [0.2, 0.25) is 0 Å². The molecule has 4 aliphatic rings. The van der Waals surface area contributed by atoms with Gasteiger partial charge in [0, 0.05) is 17.7 Å². The number of urea groups is 1. The van der Waals surface area contributed by atoms with Crippen molar-refractivity contribution < 1.29 is 19.8 Å². The van der Waals surface area contributed by atoms with E-state index in [2.05, 4.69) is 5.10 Å². The Kier molecular flexibility index (Phi) is 6.69. The van der Waals surface area contributed by atoms with Crippen LogP contribution < -0.4 is 0 Å². The van der Waals surface area contributed by atoms with Crippen molar-refractivity contribution in [3.05, 3.63) is 0 Å². The second kappa shape index (κ2) is 9.25. The average molecular weight is 424 g/mol. The number of aliphatic carboxylic acids is 1. The molecule has 7 nitrogen and oxygen atoms in total. The Morgan fingerprint density at radius 1 is 1.17 bits per heavy atom. The number of nitrogens with zero attached hydrogens (tertiary/aromatic N) is 3. The molecule has 0 radical (unpaired) electrons. The lowest BCUT2D eigenvalue weighted by molar-refractivity contribution is -0.137. The molecule has 0 bridgehead atoms. The summed E-state index contributed by atoms with van der Waals surface area (Å²) in [7, 11) is 0. The third-order valence-corrected chi connectivity index (χ3v) is 8.23. The molecular formula is C21H33N3O4S. The number of thioether (sulfide) groups is 1. The van der Waals surface area contributed by atoms with E-state index in [1.807, 2.05) is 16.7 Å². The largest absolute Gasteiger partial charge is 0.481 e. The van der Waals surface area contributed by atoms with Crippen LogP contribution in [0.25, 0.3) is 0 Å². The van der Waals surface area contributed by atoms with Gasteiger partial charge in [0.1, 0.15) is 0 Å². The number of hydrogen-bond donors (Lipinski definition) is 2. The highest BCUT2D eigenvalue weighted by molar-refractivity contribution is 7.99. The molecule has 2 amide bonds. The SMILES string of the molecule is O=C(O)CCCSC1CC2C(C1)N(C1CC1)C(=O)N2N=CC(O)C1CCCCC1. The zero-order valence-electron chi connectivity index (χ0n) is 17.0. The van der Waals surface area contributed by atoms with Crippen molar-refractivity contribution in [2.24, 2.45) is 11.0 Å². The van der Waals surface area contributed by atoms with E-state index in [9.17, 15) is 14.7 Å². The Morgan fingerprint density at radius 3 is 2.59 bits per heavy atom. The quantitative estimate of drug-likeness (QED) is 0.438. The zero-order chi connectivity index (χ0) is 20.4. The summed E-state index contributed by atoms with van der Waals surface area (Å²) in [4.78, 5) is 25.8. The first-order valence-corrected chi connectivity index (χ1v) is 12.3. The summed E-state index contributed by atoms with van der Waals surface area (Å²) in [5, 5.41) is 25.9. The average Bonchev–Trinajstić information content (AvgIpc) is 3.40. The van der Waals surface area contributed by atoms with Gasteiger partial charge in [0.05, 0.1) is 24.4 Å². The van der Waals surface area contributed by atoms with Crippen molar-refractivity contribution in [2.75, 3.05) is 5.75 Å². The molecule has 4 rings (SSSR count). The molecule has 0 aromatic rings. The number of aliphatic hydroxyl groups is 1. The molecule has 4 atom stereocenters. The number of rotatable bonds is 9. The van der Waals surface area contributed by atoms with Crippen LogP contribution in [-0.2, 0) is 4.79 Å². The van der Waals surface area contributed by atoms with Gasteiger partial charge in [-0.3, -0.25) is 4.79 Å². The molecule has 8 heteroatoms. The maximum Gasteiger partial charge on any atom is 0.341 e. The second-order valence-corrected chi connectivity index (χ2v) is 10.4. The van der Waals surface area contributed by atoms with Gasteiger partial charge in [-0.25, -0.2) is 9.80 Å². The maximum absolute atomic E-state index is 13.0. The summed E-state index contributed by atoms with van der Waals surface area (Å²) in [6.45, 7) is 0. The smallest absolute Gasteiger partial charge is 0.341 e. The van der Waals surface area contributed by atoms with Crippen molar-refractivity contribution in [3.8, 4) is 0 Å². The molecular weight excluding hydrogens is 390 g/mol. The number of hydrazone groups is 1. The Hall–Kier alpha value is -1.28. The lowest BCUT2D eigenvalue weighted by Crippen LogP contribution is -2.36. The van der Waals surface area contributed by atoms with Crippen LogP contribution in [0.4, 0.5) is 4.79 Å². The monoisotopic (exact) mass is 423 g/mol. The van der Waals surface area contributed by atoms with E-state index in [1.54, 1.807) is 11.2 Å². The molecule has 3 saturated carbocycles. The fraction of sp³-hybridized carbons (Fsp3) is 0.857. The Labute approximate surface area is 176 Å². The van der Waals surface area contributed by atoms with Crippen molar-refractivity contribution in [2.45, 2.75) is 100 Å². The number of aliphatic hydroxyl groups excluding tert-OH is 1. The predicted octanol–water partition coefficient (Wildman–Crippen LogP) is 3.31. The number of carbonyl (C=O) groups excluding carboxylic acids is 1. The van der Waals surface area contributed by atoms with Crippen molar-refractivity contribution in [1.29, 1.82) is 0 Å². The molecule has 0 aromatic heterocycles. The Morgan fingerprint density at radius 2 is 1.90 bits per heavy atom. The van der Waals surface area contributed by atoms with E-state index >= 15 is 0 Å². The molecule has 0 aromatic carbocycles. The minimum atomic E-state index is -0.739. The second-order valence-electron chi connectivity index (χ2n) is 9.02. The maximum atomic E-state index is 13.0. The summed E-state index contributed by atoms with van der Waals surface area (Å²) in [5.41, 5.74) is 0. The molecule has 1 saturated heterocycles. The topological polar surface area (TPSA) is 93.4 Å². The van der Waals surface area contributed by atoms with E-state index in [0.29, 0.717) is 17.7 Å². The minimum absolute atomic E-state index is 0.00363. The van der Waals surface area contributed by atoms with Gasteiger partial charge in [-0.05, 0) is 56.6 Å². The standard InChI is InChI=1S/C21H33N3O4S/c25-19(14-5-2-1-3-6-14)13-22-24-18-12-16(29-10-4-7-20(26)27)11-17(18)23(21(24)28)15-8-9-15/h13-19,25H,1-12H2,(H,26,27). The van der Waals surface area contributed by atoms with Crippen LogP contribution in [0.5, 0.6) is 0 Å². The Bertz CT molecular complexity index is 635. The summed E-state index contributed by atoms with van der Waals surface area (Å²) < 4.78 is 0. The predicted molar refractivity (Wildman–Crippen MR) is 113 cm³/mol. The van der Waals surface area contributed by atoms with Crippen LogP contribution in [0.3, 0.4) is 0 Å². The summed E-state index contributed by atoms with van der Waals surface area (Å²) in [6.07, 6.45) is 11.6. The van der Waals surface area contributed by atoms with Crippen LogP contribution in [0.1, 0.15) is 70.6 Å². The van der Waals surface area contributed by atoms with E-state index < -0.39 is 12.1 Å². The number of amides is 2. The summed E-state index contributed by atoms with van der Waals surface area (Å²) in [5.74, 6) is 0.371. The molecule has 3 aliphatic carbocycles. The lowest BCUT2D eigenvalue weighted by Gasteiger charge is -2.25. The molecule has 1 heterocycles. The third kappa shape index (κ3) is 4.90. The first-order chi connectivity index (χ1) is 14.0. The summed E-state index contributed by atoms with van der Waals surface area (Å²) in [6, 6.07) is 0.643. The van der Waals surface area contributed by atoms with E-state index in [-0.39, 0.29) is 30.5 Å². The van der Waals surface area contributed by atoms with E-state index in [1.165, 1.54) is 19.3 Å². The normalized spacial score (nSPS) is 31.6. The van der Waals surface area contributed by atoms with Gasteiger partial charge in [-0.2, -0.15) is 16.9 Å². The molecule has 2 N–H and O–H groups in total. The molecule has 0 spiro atoms. The molecule has 4 unspecified atom stereocenters. The fourth-order valence-electron chi connectivity index (χ4n) is 5.17. The lowest BCUT2D eigenvalue weighted by atomic mass is 9.86. The number of carboxylic acids is 1. The fourth-order valence-corrected chi connectivity index (χ4v) is 6.49. The number of hydrogen-bond acceptors (Lipinski definition) is 5. The van der Waals surface area contributed by atoms with Gasteiger partial charge < -0.3 is 15.1 Å². The van der Waals surface area contributed by atoms with Crippen molar-refractivity contribution in [1.82, 2.24) is 9.91 Å².